The van der Waals surface area contributed by atoms with Crippen LogP contribution in [0.3, 0.4) is 0 Å². The standard InChI is InChI=1S/C17H12FNO4/c18-12-9-5-4-8-11(12)15-13(20)14(21)17(23-15)19-16(22)10-6-2-1-3-7-10/h1-9,20-21H,(H,19,22). The Kier molecular flexibility index (Phi) is 3.72. The van der Waals surface area contributed by atoms with Crippen LogP contribution in [0.5, 0.6) is 11.5 Å². The molecule has 0 saturated heterocycles. The van der Waals surface area contributed by atoms with Crippen LogP contribution < -0.4 is 5.32 Å². The summed E-state index contributed by atoms with van der Waals surface area (Å²) in [6.45, 7) is 0. The van der Waals surface area contributed by atoms with Crippen molar-refractivity contribution in [1.29, 1.82) is 0 Å². The van der Waals surface area contributed by atoms with Gasteiger partial charge in [0.2, 0.25) is 17.4 Å². The molecule has 0 aliphatic rings. The predicted octanol–water partition coefficient (Wildman–Crippen LogP) is 3.75. The summed E-state index contributed by atoms with van der Waals surface area (Å²) < 4.78 is 19.0. The number of amides is 1. The molecule has 0 atom stereocenters. The monoisotopic (exact) mass is 313 g/mol. The highest BCUT2D eigenvalue weighted by Crippen LogP contribution is 2.45. The van der Waals surface area contributed by atoms with Gasteiger partial charge in [0.15, 0.2) is 5.76 Å². The fourth-order valence-electron chi connectivity index (χ4n) is 2.09. The fraction of sp³-hybridized carbons (Fsp3) is 0. The summed E-state index contributed by atoms with van der Waals surface area (Å²) in [4.78, 5) is 12.1. The van der Waals surface area contributed by atoms with Crippen LogP contribution >= 0.6 is 0 Å². The normalized spacial score (nSPS) is 10.5. The van der Waals surface area contributed by atoms with Crippen molar-refractivity contribution in [3.8, 4) is 22.8 Å². The van der Waals surface area contributed by atoms with E-state index >= 15 is 0 Å². The Morgan fingerprint density at radius 2 is 1.61 bits per heavy atom. The minimum Gasteiger partial charge on any atom is -0.502 e. The molecule has 3 rings (SSSR count). The van der Waals surface area contributed by atoms with Crippen molar-refractivity contribution in [3.63, 3.8) is 0 Å². The van der Waals surface area contributed by atoms with Gasteiger partial charge in [0.05, 0.1) is 5.56 Å². The van der Waals surface area contributed by atoms with Gasteiger partial charge in [-0.25, -0.2) is 4.39 Å². The summed E-state index contributed by atoms with van der Waals surface area (Å²) >= 11 is 0. The molecule has 0 aliphatic heterocycles. The number of halogens is 1. The number of carbonyl (C=O) groups is 1. The second kappa shape index (κ2) is 5.84. The molecule has 1 aromatic heterocycles. The molecule has 23 heavy (non-hydrogen) atoms. The Bertz CT molecular complexity index is 858. The SMILES string of the molecule is O=C(Nc1oc(-c2ccccc2F)c(O)c1O)c1ccccc1. The zero-order valence-corrected chi connectivity index (χ0v) is 11.8. The zero-order valence-electron chi connectivity index (χ0n) is 11.8. The van der Waals surface area contributed by atoms with Crippen LogP contribution in [0, 0.1) is 5.82 Å². The van der Waals surface area contributed by atoms with Gasteiger partial charge in [-0.3, -0.25) is 10.1 Å². The lowest BCUT2D eigenvalue weighted by atomic mass is 10.1. The third-order valence-corrected chi connectivity index (χ3v) is 3.24. The van der Waals surface area contributed by atoms with E-state index in [-0.39, 0.29) is 17.2 Å². The Morgan fingerprint density at radius 1 is 0.957 bits per heavy atom. The first-order valence-corrected chi connectivity index (χ1v) is 6.74. The average Bonchev–Trinajstić information content (AvgIpc) is 2.84. The first-order valence-electron chi connectivity index (χ1n) is 6.74. The molecule has 3 N–H and O–H groups in total. The molecule has 0 aliphatic carbocycles. The fourth-order valence-corrected chi connectivity index (χ4v) is 2.09. The van der Waals surface area contributed by atoms with Crippen molar-refractivity contribution in [2.45, 2.75) is 0 Å². The highest BCUT2D eigenvalue weighted by Gasteiger charge is 2.24. The van der Waals surface area contributed by atoms with E-state index in [1.54, 1.807) is 36.4 Å². The molecular weight excluding hydrogens is 301 g/mol. The molecule has 2 aromatic carbocycles. The Morgan fingerprint density at radius 3 is 2.30 bits per heavy atom. The smallest absolute Gasteiger partial charge is 0.258 e. The lowest BCUT2D eigenvalue weighted by Gasteiger charge is -2.02. The zero-order chi connectivity index (χ0) is 16.4. The van der Waals surface area contributed by atoms with Crippen molar-refractivity contribution < 1.29 is 23.8 Å². The number of hydrogen-bond donors (Lipinski definition) is 3. The van der Waals surface area contributed by atoms with E-state index in [2.05, 4.69) is 5.32 Å². The molecule has 5 nitrogen and oxygen atoms in total. The van der Waals surface area contributed by atoms with Gasteiger partial charge in [0, 0.05) is 5.56 Å². The molecular formula is C17H12FNO4. The molecule has 1 heterocycles. The van der Waals surface area contributed by atoms with E-state index in [4.69, 9.17) is 4.42 Å². The minimum absolute atomic E-state index is 0.0273. The highest BCUT2D eigenvalue weighted by molar-refractivity contribution is 6.04. The van der Waals surface area contributed by atoms with Gasteiger partial charge in [0.25, 0.3) is 5.91 Å². The molecule has 1 amide bonds. The van der Waals surface area contributed by atoms with Gasteiger partial charge in [-0.2, -0.15) is 0 Å². The van der Waals surface area contributed by atoms with Crippen molar-refractivity contribution in [1.82, 2.24) is 0 Å². The summed E-state index contributed by atoms with van der Waals surface area (Å²) in [5, 5.41) is 22.1. The third kappa shape index (κ3) is 2.74. The van der Waals surface area contributed by atoms with E-state index in [0.29, 0.717) is 5.56 Å². The maximum atomic E-state index is 13.8. The first-order chi connectivity index (χ1) is 11.1. The van der Waals surface area contributed by atoms with Gasteiger partial charge in [-0.1, -0.05) is 30.3 Å². The third-order valence-electron chi connectivity index (χ3n) is 3.24. The number of hydrogen-bond acceptors (Lipinski definition) is 4. The highest BCUT2D eigenvalue weighted by atomic mass is 19.1. The number of furan rings is 1. The molecule has 0 saturated carbocycles. The van der Waals surface area contributed by atoms with Crippen molar-refractivity contribution in [2.24, 2.45) is 0 Å². The van der Waals surface area contributed by atoms with Crippen LogP contribution in [-0.4, -0.2) is 16.1 Å². The molecule has 0 unspecified atom stereocenters. The Balaban J connectivity index is 1.95. The lowest BCUT2D eigenvalue weighted by Crippen LogP contribution is -2.11. The summed E-state index contributed by atoms with van der Waals surface area (Å²) in [5.41, 5.74) is 0.316. The van der Waals surface area contributed by atoms with E-state index in [1.165, 1.54) is 18.2 Å². The summed E-state index contributed by atoms with van der Waals surface area (Å²) in [5.74, 6) is -3.07. The number of rotatable bonds is 3. The predicted molar refractivity (Wildman–Crippen MR) is 81.8 cm³/mol. The second-order valence-electron chi connectivity index (χ2n) is 4.76. The number of aromatic hydroxyl groups is 2. The van der Waals surface area contributed by atoms with Gasteiger partial charge >= 0.3 is 0 Å². The van der Waals surface area contributed by atoms with Crippen LogP contribution in [0.25, 0.3) is 11.3 Å². The Hall–Kier alpha value is -3.28. The maximum absolute atomic E-state index is 13.8. The van der Waals surface area contributed by atoms with Crippen LogP contribution in [0.4, 0.5) is 10.3 Å². The van der Waals surface area contributed by atoms with Crippen molar-refractivity contribution in [3.05, 3.63) is 66.0 Å². The number of nitrogens with one attached hydrogen (secondary N) is 1. The van der Waals surface area contributed by atoms with E-state index in [1.807, 2.05) is 0 Å². The van der Waals surface area contributed by atoms with Crippen molar-refractivity contribution in [2.75, 3.05) is 5.32 Å². The first kappa shape index (κ1) is 14.6. The van der Waals surface area contributed by atoms with Crippen molar-refractivity contribution >= 4 is 11.8 Å². The second-order valence-corrected chi connectivity index (χ2v) is 4.76. The summed E-state index contributed by atoms with van der Waals surface area (Å²) in [6.07, 6.45) is 0. The van der Waals surface area contributed by atoms with E-state index in [9.17, 15) is 19.4 Å². The van der Waals surface area contributed by atoms with Gasteiger partial charge in [-0.05, 0) is 24.3 Å². The molecule has 116 valence electrons. The van der Waals surface area contributed by atoms with Gasteiger partial charge in [-0.15, -0.1) is 0 Å². The van der Waals surface area contributed by atoms with Gasteiger partial charge < -0.3 is 14.6 Å². The molecule has 0 bridgehead atoms. The minimum atomic E-state index is -0.660. The number of benzene rings is 2. The topological polar surface area (TPSA) is 82.7 Å². The molecule has 0 fully saturated rings. The number of anilines is 1. The molecule has 0 radical (unpaired) electrons. The summed E-state index contributed by atoms with van der Waals surface area (Å²) in [6, 6.07) is 13.9. The van der Waals surface area contributed by atoms with Crippen LogP contribution in [-0.2, 0) is 0 Å². The van der Waals surface area contributed by atoms with E-state index < -0.39 is 23.2 Å². The maximum Gasteiger partial charge on any atom is 0.258 e. The van der Waals surface area contributed by atoms with E-state index in [0.717, 1.165) is 0 Å². The Labute approximate surface area is 130 Å². The van der Waals surface area contributed by atoms with Gasteiger partial charge in [0.1, 0.15) is 5.82 Å². The molecule has 6 heteroatoms. The van der Waals surface area contributed by atoms with Crippen LogP contribution in [0.1, 0.15) is 10.4 Å². The van der Waals surface area contributed by atoms with Crippen LogP contribution in [0.2, 0.25) is 0 Å². The summed E-state index contributed by atoms with van der Waals surface area (Å²) in [7, 11) is 0. The average molecular weight is 313 g/mol. The largest absolute Gasteiger partial charge is 0.502 e. The molecule has 3 aromatic rings. The lowest BCUT2D eigenvalue weighted by molar-refractivity contribution is 0.102. The molecule has 0 spiro atoms. The quantitative estimate of drug-likeness (QED) is 0.687. The van der Waals surface area contributed by atoms with Crippen LogP contribution in [0.15, 0.2) is 59.0 Å². The number of carbonyl (C=O) groups excluding carboxylic acids is 1.